The summed E-state index contributed by atoms with van der Waals surface area (Å²) in [7, 11) is 1.61. The number of rotatable bonds is 8. The van der Waals surface area contributed by atoms with Crippen molar-refractivity contribution in [3.05, 3.63) is 53.6 Å². The monoisotopic (exact) mass is 314 g/mol. The summed E-state index contributed by atoms with van der Waals surface area (Å²) in [5.41, 5.74) is 4.24. The van der Waals surface area contributed by atoms with Gasteiger partial charge >= 0.3 is 0 Å². The van der Waals surface area contributed by atoms with Crippen LogP contribution in [0.4, 0.5) is 11.4 Å². The van der Waals surface area contributed by atoms with Crippen molar-refractivity contribution in [1.82, 2.24) is 0 Å². The molecule has 0 fully saturated rings. The van der Waals surface area contributed by atoms with Crippen molar-refractivity contribution in [2.24, 2.45) is 0 Å². The topological polar surface area (TPSA) is 44.7 Å². The van der Waals surface area contributed by atoms with Crippen molar-refractivity contribution < 1.29 is 9.84 Å². The molecule has 0 radical (unpaired) electrons. The Morgan fingerprint density at radius 2 is 1.74 bits per heavy atom. The van der Waals surface area contributed by atoms with Gasteiger partial charge in [-0.05, 0) is 49.7 Å². The fourth-order valence-electron chi connectivity index (χ4n) is 2.63. The van der Waals surface area contributed by atoms with Crippen LogP contribution in [0.2, 0.25) is 0 Å². The van der Waals surface area contributed by atoms with Gasteiger partial charge in [-0.3, -0.25) is 0 Å². The van der Waals surface area contributed by atoms with Gasteiger partial charge in [0.1, 0.15) is 5.75 Å². The lowest BCUT2D eigenvalue weighted by Crippen LogP contribution is -2.21. The molecular weight excluding hydrogens is 288 g/mol. The number of nitrogens with zero attached hydrogens (tertiary/aromatic N) is 1. The van der Waals surface area contributed by atoms with E-state index in [1.807, 2.05) is 18.2 Å². The minimum atomic E-state index is -0.0305. The zero-order chi connectivity index (χ0) is 16.7. The highest BCUT2D eigenvalue weighted by atomic mass is 16.5. The molecule has 124 valence electrons. The van der Waals surface area contributed by atoms with Crippen LogP contribution in [0.1, 0.15) is 25.0 Å². The molecule has 2 aromatic rings. The lowest BCUT2D eigenvalue weighted by Gasteiger charge is -2.21. The third kappa shape index (κ3) is 4.39. The van der Waals surface area contributed by atoms with Crippen LogP contribution >= 0.6 is 0 Å². The number of aliphatic hydroxyl groups is 1. The standard InChI is InChI=1S/C19H26N2O2/c1-4-21(5-2)18-9-6-15(7-10-18)13-20-17-8-11-19(23-3)16(12-17)14-22/h6-12,20,22H,4-5,13-14H2,1-3H3. The molecule has 0 spiro atoms. The fourth-order valence-corrected chi connectivity index (χ4v) is 2.63. The molecule has 0 amide bonds. The second-order valence-corrected chi connectivity index (χ2v) is 5.38. The minimum absolute atomic E-state index is 0.0305. The van der Waals surface area contributed by atoms with Crippen LogP contribution in [0.15, 0.2) is 42.5 Å². The Balaban J connectivity index is 2.00. The van der Waals surface area contributed by atoms with Gasteiger partial charge in [-0.15, -0.1) is 0 Å². The van der Waals surface area contributed by atoms with Crippen LogP contribution in [-0.2, 0) is 13.2 Å². The number of ether oxygens (including phenoxy) is 1. The zero-order valence-corrected chi connectivity index (χ0v) is 14.2. The first-order chi connectivity index (χ1) is 11.2. The fraction of sp³-hybridized carbons (Fsp3) is 0.368. The lowest BCUT2D eigenvalue weighted by atomic mass is 10.1. The molecule has 4 nitrogen and oxygen atoms in total. The van der Waals surface area contributed by atoms with Crippen LogP contribution in [0.25, 0.3) is 0 Å². The number of nitrogens with one attached hydrogen (secondary N) is 1. The molecule has 2 N–H and O–H groups in total. The maximum absolute atomic E-state index is 9.38. The third-order valence-electron chi connectivity index (χ3n) is 4.01. The number of hydrogen-bond donors (Lipinski definition) is 2. The van der Waals surface area contributed by atoms with E-state index in [1.165, 1.54) is 11.3 Å². The highest BCUT2D eigenvalue weighted by Crippen LogP contribution is 2.23. The van der Waals surface area contributed by atoms with Gasteiger partial charge in [0.15, 0.2) is 0 Å². The summed E-state index contributed by atoms with van der Waals surface area (Å²) in [5, 5.41) is 12.8. The first kappa shape index (κ1) is 17.2. The summed E-state index contributed by atoms with van der Waals surface area (Å²) >= 11 is 0. The summed E-state index contributed by atoms with van der Waals surface area (Å²) in [4.78, 5) is 2.33. The predicted molar refractivity (Wildman–Crippen MR) is 96.2 cm³/mol. The molecule has 0 aliphatic carbocycles. The summed E-state index contributed by atoms with van der Waals surface area (Å²) in [6.07, 6.45) is 0. The molecule has 4 heteroatoms. The second-order valence-electron chi connectivity index (χ2n) is 5.38. The molecule has 0 aliphatic heterocycles. The van der Waals surface area contributed by atoms with E-state index in [1.54, 1.807) is 7.11 Å². The number of hydrogen-bond acceptors (Lipinski definition) is 4. The average Bonchev–Trinajstić information content (AvgIpc) is 2.61. The van der Waals surface area contributed by atoms with Gasteiger partial charge in [0.25, 0.3) is 0 Å². The van der Waals surface area contributed by atoms with Crippen molar-refractivity contribution >= 4 is 11.4 Å². The first-order valence-corrected chi connectivity index (χ1v) is 8.07. The number of aliphatic hydroxyl groups excluding tert-OH is 1. The van der Waals surface area contributed by atoms with E-state index in [0.29, 0.717) is 5.75 Å². The Kier molecular flexibility index (Phi) is 6.29. The molecule has 0 saturated heterocycles. The quantitative estimate of drug-likeness (QED) is 0.781. The molecule has 0 unspecified atom stereocenters. The van der Waals surface area contributed by atoms with Gasteiger partial charge in [-0.2, -0.15) is 0 Å². The van der Waals surface area contributed by atoms with Gasteiger partial charge < -0.3 is 20.1 Å². The smallest absolute Gasteiger partial charge is 0.124 e. The van der Waals surface area contributed by atoms with Crippen LogP contribution in [-0.4, -0.2) is 25.3 Å². The molecule has 0 bridgehead atoms. The van der Waals surface area contributed by atoms with Gasteiger partial charge in [-0.25, -0.2) is 0 Å². The van der Waals surface area contributed by atoms with Crippen LogP contribution in [0.3, 0.4) is 0 Å². The van der Waals surface area contributed by atoms with E-state index >= 15 is 0 Å². The minimum Gasteiger partial charge on any atom is -0.496 e. The first-order valence-electron chi connectivity index (χ1n) is 8.07. The SMILES string of the molecule is CCN(CC)c1ccc(CNc2ccc(OC)c(CO)c2)cc1. The summed E-state index contributed by atoms with van der Waals surface area (Å²) in [6.45, 7) is 7.09. The van der Waals surface area contributed by atoms with Crippen LogP contribution in [0.5, 0.6) is 5.75 Å². The Bertz CT molecular complexity index is 607. The van der Waals surface area contributed by atoms with E-state index < -0.39 is 0 Å². The molecule has 2 rings (SSSR count). The molecule has 0 saturated carbocycles. The van der Waals surface area contributed by atoms with Crippen molar-refractivity contribution in [1.29, 1.82) is 0 Å². The Labute approximate surface area is 138 Å². The predicted octanol–water partition coefficient (Wildman–Crippen LogP) is 3.65. The number of benzene rings is 2. The Morgan fingerprint density at radius 1 is 1.04 bits per heavy atom. The second kappa shape index (κ2) is 8.44. The highest BCUT2D eigenvalue weighted by Gasteiger charge is 2.04. The van der Waals surface area contributed by atoms with Gasteiger partial charge in [0.2, 0.25) is 0 Å². The van der Waals surface area contributed by atoms with Crippen molar-refractivity contribution in [3.8, 4) is 5.75 Å². The van der Waals surface area contributed by atoms with E-state index in [4.69, 9.17) is 4.74 Å². The normalized spacial score (nSPS) is 10.4. The summed E-state index contributed by atoms with van der Waals surface area (Å²) in [6, 6.07) is 14.4. The summed E-state index contributed by atoms with van der Waals surface area (Å²) in [5.74, 6) is 0.710. The number of anilines is 2. The summed E-state index contributed by atoms with van der Waals surface area (Å²) < 4.78 is 5.22. The molecule has 23 heavy (non-hydrogen) atoms. The van der Waals surface area contributed by atoms with Gasteiger partial charge in [0.05, 0.1) is 13.7 Å². The average molecular weight is 314 g/mol. The van der Waals surface area contributed by atoms with Gasteiger partial charge in [-0.1, -0.05) is 12.1 Å². The number of methoxy groups -OCH3 is 1. The lowest BCUT2D eigenvalue weighted by molar-refractivity contribution is 0.274. The van der Waals surface area contributed by atoms with Crippen LogP contribution < -0.4 is 15.0 Å². The Morgan fingerprint density at radius 3 is 2.30 bits per heavy atom. The molecule has 0 aromatic heterocycles. The van der Waals surface area contributed by atoms with E-state index in [9.17, 15) is 5.11 Å². The zero-order valence-electron chi connectivity index (χ0n) is 14.2. The Hall–Kier alpha value is -2.20. The maximum atomic E-state index is 9.38. The highest BCUT2D eigenvalue weighted by molar-refractivity contribution is 5.52. The van der Waals surface area contributed by atoms with E-state index in [2.05, 4.69) is 48.3 Å². The van der Waals surface area contributed by atoms with Crippen molar-refractivity contribution in [2.45, 2.75) is 27.0 Å². The van der Waals surface area contributed by atoms with E-state index in [0.717, 1.165) is 30.9 Å². The molecule has 0 atom stereocenters. The molecule has 2 aromatic carbocycles. The largest absolute Gasteiger partial charge is 0.496 e. The van der Waals surface area contributed by atoms with Crippen LogP contribution in [0, 0.1) is 0 Å². The molecule has 0 aliphatic rings. The van der Waals surface area contributed by atoms with Gasteiger partial charge in [0, 0.05) is 36.6 Å². The molecule has 0 heterocycles. The maximum Gasteiger partial charge on any atom is 0.124 e. The van der Waals surface area contributed by atoms with Crippen molar-refractivity contribution in [2.75, 3.05) is 30.4 Å². The third-order valence-corrected chi connectivity index (χ3v) is 4.01. The molecular formula is C19H26N2O2. The van der Waals surface area contributed by atoms with Crippen molar-refractivity contribution in [3.63, 3.8) is 0 Å². The van der Waals surface area contributed by atoms with E-state index in [-0.39, 0.29) is 6.61 Å².